The maximum absolute atomic E-state index is 9.56. The summed E-state index contributed by atoms with van der Waals surface area (Å²) >= 11 is 0. The number of furan rings is 3. The maximum Gasteiger partial charge on any atom is 0.120 e. The van der Waals surface area contributed by atoms with Gasteiger partial charge in [-0.05, 0) is 290 Å². The molecule has 2 saturated carbocycles. The minimum atomic E-state index is -2.60. The molecule has 13 aromatic carbocycles. The summed E-state index contributed by atoms with van der Waals surface area (Å²) in [5.74, 6) is -0.943. The third-order valence-corrected chi connectivity index (χ3v) is 26.3. The number of aryl methyl sites for hydroxylation is 13. The van der Waals surface area contributed by atoms with E-state index in [-0.39, 0.29) is 138 Å². The van der Waals surface area contributed by atoms with Crippen LogP contribution in [0.15, 0.2) is 354 Å². The molecule has 0 bridgehead atoms. The Bertz CT molecular complexity index is 9680. The molecule has 9 aromatic heterocycles. The van der Waals surface area contributed by atoms with Crippen LogP contribution in [0.4, 0.5) is 0 Å². The first-order valence-corrected chi connectivity index (χ1v) is 46.7. The van der Waals surface area contributed by atoms with Crippen LogP contribution in [0.3, 0.4) is 0 Å². The number of rotatable bonds is 11. The summed E-state index contributed by atoms with van der Waals surface area (Å²) in [6.45, 7) is -22.3. The van der Waals surface area contributed by atoms with E-state index in [2.05, 4.69) is 92.3 Å². The number of nitrogens with zero attached hydrogens (tertiary/aromatic N) is 6. The minimum absolute atomic E-state index is 0. The summed E-state index contributed by atoms with van der Waals surface area (Å²) in [5, 5.41) is 5.51. The van der Waals surface area contributed by atoms with Crippen molar-refractivity contribution >= 4 is 65.8 Å². The number of pyridine rings is 6. The Kier molecular flexibility index (Phi) is 21.4. The molecule has 12 heteroatoms. The van der Waals surface area contributed by atoms with Crippen molar-refractivity contribution in [1.29, 1.82) is 0 Å². The molecule has 2 aliphatic rings. The van der Waals surface area contributed by atoms with Gasteiger partial charge in [0.25, 0.3) is 0 Å². The average Bonchev–Trinajstić information content (AvgIpc) is 1.70. The molecule has 735 valence electrons. The third-order valence-electron chi connectivity index (χ3n) is 26.3. The van der Waals surface area contributed by atoms with Gasteiger partial charge in [0.1, 0.15) is 16.7 Å². The molecule has 146 heavy (non-hydrogen) atoms. The fourth-order valence-electron chi connectivity index (χ4n) is 18.2. The number of hydrogen-bond acceptors (Lipinski definition) is 9. The summed E-state index contributed by atoms with van der Waals surface area (Å²) in [7, 11) is 0. The van der Waals surface area contributed by atoms with E-state index in [1.54, 1.807) is 67.6 Å². The van der Waals surface area contributed by atoms with Gasteiger partial charge in [-0.3, -0.25) is 0 Å². The van der Waals surface area contributed by atoms with Crippen LogP contribution >= 0.6 is 0 Å². The van der Waals surface area contributed by atoms with E-state index in [1.165, 1.54) is 111 Å². The van der Waals surface area contributed by atoms with Crippen molar-refractivity contribution in [2.75, 3.05) is 0 Å². The predicted octanol–water partition coefficient (Wildman–Crippen LogP) is 35.9. The largest absolute Gasteiger partial charge is 0.501 e. The summed E-state index contributed by atoms with van der Waals surface area (Å²) in [6, 6.07) is 107. The summed E-state index contributed by atoms with van der Waals surface area (Å²) < 4.78 is 305. The van der Waals surface area contributed by atoms with Gasteiger partial charge in [0.05, 0.1) is 16.7 Å². The zero-order chi connectivity index (χ0) is 130. The molecule has 9 nitrogen and oxygen atoms in total. The molecule has 2 aliphatic carbocycles. The molecule has 3 radical (unpaired) electrons. The molecular weight excluding hydrogens is 2320 g/mol. The van der Waals surface area contributed by atoms with E-state index >= 15 is 0 Å². The van der Waals surface area contributed by atoms with Crippen LogP contribution in [0, 0.1) is 136 Å². The van der Waals surface area contributed by atoms with E-state index in [0.29, 0.717) is 136 Å². The van der Waals surface area contributed by atoms with E-state index in [9.17, 15) is 1.37 Å². The second kappa shape index (κ2) is 46.7. The van der Waals surface area contributed by atoms with Gasteiger partial charge < -0.3 is 43.2 Å². The molecule has 0 unspecified atom stereocenters. The second-order valence-corrected chi connectivity index (χ2v) is 36.4. The van der Waals surface area contributed by atoms with Crippen molar-refractivity contribution < 1.29 is 124 Å². The Morgan fingerprint density at radius 1 is 0.281 bits per heavy atom. The van der Waals surface area contributed by atoms with Gasteiger partial charge >= 0.3 is 0 Å². The van der Waals surface area contributed by atoms with Crippen LogP contribution in [-0.4, -0.2) is 29.9 Å². The average molecular weight is 2470 g/mol. The number of fused-ring (bicyclic) bond motifs is 9. The Labute approximate surface area is 952 Å². The third kappa shape index (κ3) is 23.8. The summed E-state index contributed by atoms with van der Waals surface area (Å²) in [4.78, 5) is 25.7. The van der Waals surface area contributed by atoms with E-state index < -0.39 is 88.1 Å². The van der Waals surface area contributed by atoms with Gasteiger partial charge in [-0.15, -0.1) is 161 Å². The summed E-state index contributed by atoms with van der Waals surface area (Å²) in [5.41, 5.74) is 18.0. The van der Waals surface area contributed by atoms with Crippen LogP contribution in [0.1, 0.15) is 200 Å². The molecule has 0 amide bonds. The molecule has 2 fully saturated rings. The molecule has 0 N–H and O–H groups in total. The first kappa shape index (κ1) is 67.0. The number of para-hydroxylation sites is 1. The monoisotopic (exact) mass is 2480 g/mol. The molecule has 1 spiro atoms. The standard InChI is InChI=1S/C31H34NO.2C25H18NO.C20H18N.C19H16N.C14H14N.3Ir/c1-21-20-32-27(25-9-6-8-24-23-7-4-5-10-28(23)33-29(24)25)19-26(21)22-11-13-31(14-12-22)17-15-30(2,3)16-18-31;2*1-16-13-23(26-15-17(16)2)21-10-6-9-20-22-14-19(18-7-4-3-5-8-18)11-12-24(22)27-25(20)21;1-14-8-10-17(11-9-14)20-12-19(16(3)13-21-20)18-7-5-4-6-15(18)2;1-14-8-10-17(11-9-14)19-12-18(15(2)13-20-19)16-6-4-3-5-7-16;1-10-4-6-13(7-5-10)14-8-11(2)12(3)9-15-14;;;/h4-8,10,19-20,22H,11-18H2,1-3H3;2*3-9,11-15H,1-2H3;4-10,12-13H,1-3H3;3-10,12-13H,1-2H3;4-6,8-9H,1-3H3;;;/q6*-1;;;/i1D3,22D;2*1D3,2D3;1D3,2D3,3D3;1D3,2D3;1D3,3D3;;;. The van der Waals surface area contributed by atoms with Gasteiger partial charge in [-0.25, -0.2) is 0 Å². The fraction of sp³-hybridized carbons (Fsp3) is 0.194. The molecule has 0 saturated heterocycles. The minimum Gasteiger partial charge on any atom is -0.501 e. The van der Waals surface area contributed by atoms with Crippen LogP contribution in [0.5, 0.6) is 0 Å². The topological polar surface area (TPSA) is 117 Å². The molecule has 22 aromatic rings. The van der Waals surface area contributed by atoms with Crippen molar-refractivity contribution in [3.05, 3.63) is 455 Å². The van der Waals surface area contributed by atoms with Crippen molar-refractivity contribution in [2.24, 2.45) is 10.8 Å². The first-order valence-electron chi connectivity index (χ1n) is 65.2. The SMILES string of the molecule is [2H]C([2H])([2H])c1c[c-]c(-c2cc(-c3ccccc3)c(C([2H])([2H])[2H])cn2)cc1.[2H]C([2H])([2H])c1c[c-]c(-c2cc(-c3ccccc3C([2H])([2H])[2H])c(C([2H])([2H])[2H])cn2)cc1.[2H]C([2H])([2H])c1c[c-]c(-c2cc(C)c(C([2H])([2H])[2H])cn2)cc1.[2H]C([2H])([2H])c1cnc(-c2[c-]ccc3c2oc2ccc(-c4ccccc4)cc23)cc1C([2H])([2H])[2H].[2H]C([2H])([2H])c1cnc(-c2[c-]ccc3c2oc2ccc(-c4ccccc4)cc23)cc1C([2H])([2H])[2H].[2H]C([2H])([2H])c1cnc(-c2[c-]ccc3c2oc2ccccc23)cc1C1([2H])CCC2(CCC(C)(C)CC2)CC1.[Ir].[Ir].[Ir]. The quantitative estimate of drug-likeness (QED) is 0.117. The fourth-order valence-corrected chi connectivity index (χ4v) is 18.2. The van der Waals surface area contributed by atoms with Gasteiger partial charge in [0.2, 0.25) is 0 Å². The van der Waals surface area contributed by atoms with E-state index in [0.717, 1.165) is 91.0 Å². The zero-order valence-electron chi connectivity index (χ0n) is 116. The van der Waals surface area contributed by atoms with E-state index in [4.69, 9.17) is 62.6 Å². The van der Waals surface area contributed by atoms with Gasteiger partial charge in [0.15, 0.2) is 0 Å². The molecule has 0 aliphatic heterocycles. The van der Waals surface area contributed by atoms with E-state index in [1.807, 2.05) is 170 Å². The first-order chi connectivity index (χ1) is 84.3. The zero-order valence-corrected chi connectivity index (χ0v) is 86.6. The van der Waals surface area contributed by atoms with Gasteiger partial charge in [-0.1, -0.05) is 266 Å². The Morgan fingerprint density at radius 3 is 1.11 bits per heavy atom. The van der Waals surface area contributed by atoms with Crippen molar-refractivity contribution in [3.8, 4) is 112 Å². The van der Waals surface area contributed by atoms with Crippen LogP contribution < -0.4 is 0 Å². The smallest absolute Gasteiger partial charge is 0.120 e. The van der Waals surface area contributed by atoms with Gasteiger partial charge in [-0.2, -0.15) is 0 Å². The molecule has 24 rings (SSSR count). The number of aromatic nitrogens is 6. The molecule has 0 atom stereocenters. The predicted molar refractivity (Wildman–Crippen MR) is 592 cm³/mol. The Hall–Kier alpha value is -13.9. The normalized spacial score (nSPS) is 17.9. The van der Waals surface area contributed by atoms with Crippen LogP contribution in [-0.2, 0) is 60.3 Å². The molecule has 9 heterocycles. The number of benzene rings is 13. The van der Waals surface area contributed by atoms with Crippen LogP contribution in [0.25, 0.3) is 178 Å². The summed E-state index contributed by atoms with van der Waals surface area (Å²) in [6.07, 6.45) is 15.8. The van der Waals surface area contributed by atoms with Crippen molar-refractivity contribution in [1.82, 2.24) is 29.9 Å². The van der Waals surface area contributed by atoms with Crippen molar-refractivity contribution in [2.45, 2.75) is 160 Å². The second-order valence-electron chi connectivity index (χ2n) is 36.4. The van der Waals surface area contributed by atoms with Gasteiger partial charge in [0, 0.05) is 164 Å². The Morgan fingerprint density at radius 2 is 0.658 bits per heavy atom. The van der Waals surface area contributed by atoms with Crippen molar-refractivity contribution in [3.63, 3.8) is 0 Å². The maximum atomic E-state index is 9.56. The number of hydrogen-bond donors (Lipinski definition) is 0. The molecular formula is C134H118Ir3N6O3-6. The van der Waals surface area contributed by atoms with Crippen LogP contribution in [0.2, 0.25) is 0 Å². The Balaban J connectivity index is 0.000000152.